The fourth-order valence-electron chi connectivity index (χ4n) is 3.11. The van der Waals surface area contributed by atoms with Gasteiger partial charge in [-0.2, -0.15) is 0 Å². The molecule has 160 valence electrons. The Kier molecular flexibility index (Phi) is 7.35. The number of nitrogens with one attached hydrogen (secondary N) is 1. The number of benzene rings is 2. The molecule has 1 atom stereocenters. The number of hydrogen-bond donors (Lipinski definition) is 3. The lowest BCUT2D eigenvalue weighted by molar-refractivity contribution is -0.112. The van der Waals surface area contributed by atoms with E-state index in [1.54, 1.807) is 30.5 Å². The minimum atomic E-state index is -0.679. The summed E-state index contributed by atoms with van der Waals surface area (Å²) < 4.78 is 5.80. The number of nitrogens with zero attached hydrogens (tertiary/aromatic N) is 2. The number of ether oxygens (including phenoxy) is 1. The second-order valence-corrected chi connectivity index (χ2v) is 7.19. The molecule has 1 unspecified atom stereocenters. The van der Waals surface area contributed by atoms with Gasteiger partial charge in [0.15, 0.2) is 5.82 Å². The summed E-state index contributed by atoms with van der Waals surface area (Å²) in [5.41, 5.74) is 13.8. The molecule has 0 saturated carbocycles. The third-order valence-corrected chi connectivity index (χ3v) is 4.89. The summed E-state index contributed by atoms with van der Waals surface area (Å²) in [5.74, 6) is 1.12. The smallest absolute Gasteiger partial charge is 0.254 e. The SMILES string of the molecule is CNCCC(C)c1ccnc(/C(C(N)=O)=C(\N)c2ccc(Oc3ccccc3)cc2)n1. The summed E-state index contributed by atoms with van der Waals surface area (Å²) in [6.45, 7) is 2.94. The Morgan fingerprint density at radius 3 is 2.35 bits per heavy atom. The highest BCUT2D eigenvalue weighted by Gasteiger charge is 2.19. The average Bonchev–Trinajstić information content (AvgIpc) is 2.78. The van der Waals surface area contributed by atoms with E-state index in [1.165, 1.54) is 0 Å². The first-order chi connectivity index (χ1) is 15.0. The summed E-state index contributed by atoms with van der Waals surface area (Å²) in [6.07, 6.45) is 2.53. The summed E-state index contributed by atoms with van der Waals surface area (Å²) in [4.78, 5) is 21.1. The minimum Gasteiger partial charge on any atom is -0.457 e. The molecule has 5 N–H and O–H groups in total. The predicted octanol–water partition coefficient (Wildman–Crippen LogP) is 3.29. The standard InChI is InChI=1S/C24H27N5O2/c1-16(12-14-27-2)20-13-15-28-24(29-20)21(23(26)30)22(25)17-8-10-19(11-9-17)31-18-6-4-3-5-7-18/h3-11,13,15-16,27H,12,14,25H2,1-2H3,(H2,26,30)/b22-21-. The molecule has 0 spiro atoms. The number of hydrogen-bond acceptors (Lipinski definition) is 6. The first-order valence-corrected chi connectivity index (χ1v) is 10.1. The van der Waals surface area contributed by atoms with E-state index in [0.717, 1.165) is 24.4 Å². The second kappa shape index (κ2) is 10.4. The zero-order valence-corrected chi connectivity index (χ0v) is 17.7. The fraction of sp³-hybridized carbons (Fsp3) is 0.208. The molecule has 1 aromatic heterocycles. The van der Waals surface area contributed by atoms with Gasteiger partial charge in [0.2, 0.25) is 0 Å². The van der Waals surface area contributed by atoms with Crippen molar-refractivity contribution >= 4 is 17.2 Å². The Labute approximate surface area is 182 Å². The van der Waals surface area contributed by atoms with Crippen molar-refractivity contribution in [2.24, 2.45) is 11.5 Å². The molecule has 2 aromatic carbocycles. The first-order valence-electron chi connectivity index (χ1n) is 10.1. The molecular formula is C24H27N5O2. The molecule has 0 aliphatic heterocycles. The van der Waals surface area contributed by atoms with Crippen molar-refractivity contribution in [2.75, 3.05) is 13.6 Å². The maximum atomic E-state index is 12.2. The van der Waals surface area contributed by atoms with Gasteiger partial charge in [-0.25, -0.2) is 9.97 Å². The van der Waals surface area contributed by atoms with Crippen LogP contribution in [0.3, 0.4) is 0 Å². The summed E-state index contributed by atoms with van der Waals surface area (Å²) in [7, 11) is 1.91. The van der Waals surface area contributed by atoms with Gasteiger partial charge in [-0.3, -0.25) is 4.79 Å². The van der Waals surface area contributed by atoms with Gasteiger partial charge in [0.1, 0.15) is 17.1 Å². The van der Waals surface area contributed by atoms with Gasteiger partial charge >= 0.3 is 0 Å². The number of carbonyl (C=O) groups is 1. The molecule has 0 fully saturated rings. The van der Waals surface area contributed by atoms with Crippen LogP contribution in [-0.4, -0.2) is 29.5 Å². The number of nitrogens with two attached hydrogens (primary N) is 2. The van der Waals surface area contributed by atoms with Crippen LogP contribution < -0.4 is 21.5 Å². The van der Waals surface area contributed by atoms with E-state index in [-0.39, 0.29) is 23.0 Å². The van der Waals surface area contributed by atoms with Crippen molar-refractivity contribution in [1.29, 1.82) is 0 Å². The number of primary amides is 1. The third kappa shape index (κ3) is 5.67. The molecule has 0 aliphatic carbocycles. The second-order valence-electron chi connectivity index (χ2n) is 7.19. The quantitative estimate of drug-likeness (QED) is 0.460. The van der Waals surface area contributed by atoms with Crippen molar-refractivity contribution in [1.82, 2.24) is 15.3 Å². The summed E-state index contributed by atoms with van der Waals surface area (Å²) in [5, 5.41) is 3.13. The number of para-hydroxylation sites is 1. The zero-order valence-electron chi connectivity index (χ0n) is 17.7. The van der Waals surface area contributed by atoms with Crippen LogP contribution in [0.1, 0.15) is 36.3 Å². The van der Waals surface area contributed by atoms with Gasteiger partial charge in [-0.05, 0) is 74.0 Å². The topological polar surface area (TPSA) is 116 Å². The van der Waals surface area contributed by atoms with Gasteiger partial charge < -0.3 is 21.5 Å². The molecule has 1 amide bonds. The Balaban J connectivity index is 1.89. The van der Waals surface area contributed by atoms with Crippen LogP contribution in [0.5, 0.6) is 11.5 Å². The number of rotatable bonds is 9. The predicted molar refractivity (Wildman–Crippen MR) is 122 cm³/mol. The highest BCUT2D eigenvalue weighted by Crippen LogP contribution is 2.26. The van der Waals surface area contributed by atoms with Crippen LogP contribution in [0.15, 0.2) is 66.9 Å². The fourth-order valence-corrected chi connectivity index (χ4v) is 3.11. The Morgan fingerprint density at radius 1 is 1.03 bits per heavy atom. The first kappa shape index (κ1) is 22.0. The molecule has 7 nitrogen and oxygen atoms in total. The highest BCUT2D eigenvalue weighted by molar-refractivity contribution is 6.24. The van der Waals surface area contributed by atoms with Crippen molar-refractivity contribution < 1.29 is 9.53 Å². The molecule has 3 rings (SSSR count). The lowest BCUT2D eigenvalue weighted by Crippen LogP contribution is -2.20. The van der Waals surface area contributed by atoms with Crippen molar-refractivity contribution in [3.05, 3.63) is 83.9 Å². The van der Waals surface area contributed by atoms with Crippen LogP contribution in [0.2, 0.25) is 0 Å². The highest BCUT2D eigenvalue weighted by atomic mass is 16.5. The minimum absolute atomic E-state index is 0.0967. The Hall–Kier alpha value is -3.71. The monoisotopic (exact) mass is 417 g/mol. The maximum Gasteiger partial charge on any atom is 0.254 e. The van der Waals surface area contributed by atoms with Crippen LogP contribution in [0, 0.1) is 0 Å². The van der Waals surface area contributed by atoms with E-state index in [4.69, 9.17) is 16.2 Å². The van der Waals surface area contributed by atoms with Crippen molar-refractivity contribution in [3.63, 3.8) is 0 Å². The van der Waals surface area contributed by atoms with Crippen LogP contribution >= 0.6 is 0 Å². The van der Waals surface area contributed by atoms with E-state index < -0.39 is 5.91 Å². The molecule has 1 heterocycles. The molecule has 3 aromatic rings. The van der Waals surface area contributed by atoms with Gasteiger partial charge in [0, 0.05) is 11.9 Å². The lowest BCUT2D eigenvalue weighted by Gasteiger charge is -2.13. The van der Waals surface area contributed by atoms with Crippen LogP contribution in [-0.2, 0) is 4.79 Å². The van der Waals surface area contributed by atoms with E-state index in [1.807, 2.05) is 43.4 Å². The van der Waals surface area contributed by atoms with E-state index in [0.29, 0.717) is 11.3 Å². The van der Waals surface area contributed by atoms with Gasteiger partial charge in [0.25, 0.3) is 5.91 Å². The largest absolute Gasteiger partial charge is 0.457 e. The maximum absolute atomic E-state index is 12.2. The van der Waals surface area contributed by atoms with Gasteiger partial charge in [0.05, 0.1) is 5.70 Å². The van der Waals surface area contributed by atoms with Crippen molar-refractivity contribution in [3.8, 4) is 11.5 Å². The Morgan fingerprint density at radius 2 is 1.71 bits per heavy atom. The van der Waals surface area contributed by atoms with E-state index in [9.17, 15) is 4.79 Å². The molecule has 0 bridgehead atoms. The van der Waals surface area contributed by atoms with Crippen LogP contribution in [0.25, 0.3) is 11.3 Å². The summed E-state index contributed by atoms with van der Waals surface area (Å²) in [6, 6.07) is 18.4. The van der Waals surface area contributed by atoms with E-state index in [2.05, 4.69) is 22.2 Å². The van der Waals surface area contributed by atoms with Gasteiger partial charge in [-0.1, -0.05) is 25.1 Å². The number of amides is 1. The molecule has 0 aliphatic rings. The molecule has 31 heavy (non-hydrogen) atoms. The third-order valence-electron chi connectivity index (χ3n) is 4.89. The van der Waals surface area contributed by atoms with Crippen molar-refractivity contribution in [2.45, 2.75) is 19.3 Å². The van der Waals surface area contributed by atoms with E-state index >= 15 is 0 Å². The Bertz CT molecular complexity index is 1050. The average molecular weight is 418 g/mol. The zero-order chi connectivity index (χ0) is 22.2. The number of carbonyl (C=O) groups excluding carboxylic acids is 1. The normalized spacial score (nSPS) is 12.7. The molecule has 0 saturated heterocycles. The molecule has 0 radical (unpaired) electrons. The molecule has 7 heteroatoms. The van der Waals surface area contributed by atoms with Gasteiger partial charge in [-0.15, -0.1) is 0 Å². The summed E-state index contributed by atoms with van der Waals surface area (Å²) >= 11 is 0. The number of aromatic nitrogens is 2. The van der Waals surface area contributed by atoms with Crippen LogP contribution in [0.4, 0.5) is 0 Å². The lowest BCUT2D eigenvalue weighted by atomic mass is 10.0. The molecular weight excluding hydrogens is 390 g/mol.